The molecule has 0 unspecified atom stereocenters. The second-order valence-corrected chi connectivity index (χ2v) is 9.20. The molecule has 39 heavy (non-hydrogen) atoms. The minimum absolute atomic E-state index is 0.0327. The van der Waals surface area contributed by atoms with Crippen LogP contribution in [0.3, 0.4) is 0 Å². The van der Waals surface area contributed by atoms with E-state index in [-0.39, 0.29) is 24.5 Å². The Morgan fingerprint density at radius 2 is 1.79 bits per heavy atom. The lowest BCUT2D eigenvalue weighted by Gasteiger charge is -2.41. The number of urea groups is 1. The van der Waals surface area contributed by atoms with E-state index in [9.17, 15) is 9.59 Å². The Labute approximate surface area is 226 Å². The highest BCUT2D eigenvalue weighted by molar-refractivity contribution is 6.06. The Hall–Kier alpha value is -4.64. The minimum atomic E-state index is -0.326. The molecule has 11 nitrogen and oxygen atoms in total. The topological polar surface area (TPSA) is 121 Å². The molecule has 5 rings (SSSR count). The molecule has 11 heteroatoms. The largest absolute Gasteiger partial charge is 0.497 e. The van der Waals surface area contributed by atoms with E-state index in [4.69, 9.17) is 14.5 Å². The molecule has 0 atom stereocenters. The quantitative estimate of drug-likeness (QED) is 0.374. The summed E-state index contributed by atoms with van der Waals surface area (Å²) < 4.78 is 10.9. The van der Waals surface area contributed by atoms with Gasteiger partial charge in [-0.2, -0.15) is 4.98 Å². The van der Waals surface area contributed by atoms with Crippen molar-refractivity contribution in [3.05, 3.63) is 66.9 Å². The van der Waals surface area contributed by atoms with Crippen molar-refractivity contribution in [2.75, 3.05) is 47.7 Å². The zero-order chi connectivity index (χ0) is 27.4. The van der Waals surface area contributed by atoms with Gasteiger partial charge in [0.2, 0.25) is 11.9 Å². The van der Waals surface area contributed by atoms with Gasteiger partial charge in [0.1, 0.15) is 17.3 Å². The number of para-hydroxylation sites is 2. The lowest BCUT2D eigenvalue weighted by Crippen LogP contribution is -2.55. The fourth-order valence-electron chi connectivity index (χ4n) is 4.79. The summed E-state index contributed by atoms with van der Waals surface area (Å²) in [5.74, 6) is 1.75. The van der Waals surface area contributed by atoms with Gasteiger partial charge >= 0.3 is 6.03 Å². The molecule has 3 amide bonds. The van der Waals surface area contributed by atoms with Gasteiger partial charge in [0.05, 0.1) is 37.8 Å². The maximum atomic E-state index is 14.1. The van der Waals surface area contributed by atoms with Crippen LogP contribution in [0.5, 0.6) is 11.5 Å². The number of hydrogen-bond acceptors (Lipinski definition) is 8. The van der Waals surface area contributed by atoms with Crippen molar-refractivity contribution in [3.63, 3.8) is 0 Å². The smallest absolute Gasteiger partial charge is 0.330 e. The molecule has 2 aliphatic rings. The van der Waals surface area contributed by atoms with Gasteiger partial charge in [0, 0.05) is 36.0 Å². The van der Waals surface area contributed by atoms with Crippen LogP contribution in [-0.2, 0) is 11.3 Å². The number of anilines is 5. The van der Waals surface area contributed by atoms with Crippen LogP contribution in [0.25, 0.3) is 0 Å². The first kappa shape index (κ1) is 26.0. The van der Waals surface area contributed by atoms with E-state index in [0.717, 1.165) is 31.5 Å². The van der Waals surface area contributed by atoms with Crippen LogP contribution in [-0.4, -0.2) is 55.3 Å². The Balaban J connectivity index is 1.52. The predicted molar refractivity (Wildman–Crippen MR) is 150 cm³/mol. The zero-order valence-electron chi connectivity index (χ0n) is 21.9. The zero-order valence-corrected chi connectivity index (χ0v) is 21.9. The fraction of sp³-hybridized carbons (Fsp3) is 0.286. The summed E-state index contributed by atoms with van der Waals surface area (Å²) in [5.41, 5.74) is 2.66. The van der Waals surface area contributed by atoms with Crippen LogP contribution in [0.4, 0.5) is 33.6 Å². The highest BCUT2D eigenvalue weighted by Crippen LogP contribution is 2.37. The molecule has 2 aromatic carbocycles. The van der Waals surface area contributed by atoms with Crippen molar-refractivity contribution in [3.8, 4) is 11.5 Å². The van der Waals surface area contributed by atoms with E-state index >= 15 is 0 Å². The van der Waals surface area contributed by atoms with Gasteiger partial charge in [-0.25, -0.2) is 9.78 Å². The summed E-state index contributed by atoms with van der Waals surface area (Å²) in [6.45, 7) is 5.42. The van der Waals surface area contributed by atoms with Gasteiger partial charge in [-0.3, -0.25) is 14.6 Å². The van der Waals surface area contributed by atoms with E-state index in [1.807, 2.05) is 30.3 Å². The average Bonchev–Trinajstić information content (AvgIpc) is 2.97. The average molecular weight is 530 g/mol. The molecule has 1 saturated heterocycles. The number of amides is 3. The number of carbonyl (C=O) groups is 2. The number of piperidine rings is 1. The van der Waals surface area contributed by atoms with Crippen molar-refractivity contribution < 1.29 is 19.1 Å². The van der Waals surface area contributed by atoms with Crippen LogP contribution in [0.2, 0.25) is 0 Å². The Bertz CT molecular complexity index is 1370. The second kappa shape index (κ2) is 11.4. The van der Waals surface area contributed by atoms with Gasteiger partial charge in [-0.15, -0.1) is 0 Å². The molecule has 0 saturated carbocycles. The van der Waals surface area contributed by atoms with Crippen LogP contribution >= 0.6 is 0 Å². The summed E-state index contributed by atoms with van der Waals surface area (Å²) in [6.07, 6.45) is 4.53. The number of nitrogens with one attached hydrogen (secondary N) is 3. The number of methoxy groups -OCH3 is 2. The van der Waals surface area contributed by atoms with Gasteiger partial charge in [0.15, 0.2) is 0 Å². The molecule has 3 N–H and O–H groups in total. The van der Waals surface area contributed by atoms with Crippen molar-refractivity contribution in [1.82, 2.24) is 15.3 Å². The third-order valence-electron chi connectivity index (χ3n) is 6.77. The number of nitrogens with zero attached hydrogens (tertiary/aromatic N) is 4. The fourth-order valence-corrected chi connectivity index (χ4v) is 4.79. The summed E-state index contributed by atoms with van der Waals surface area (Å²) in [5, 5.41) is 9.34. The molecule has 202 valence electrons. The first-order chi connectivity index (χ1) is 19.0. The molecule has 1 fully saturated rings. The van der Waals surface area contributed by atoms with Crippen LogP contribution in [0.1, 0.15) is 18.4 Å². The van der Waals surface area contributed by atoms with E-state index in [1.54, 1.807) is 42.3 Å². The molecule has 2 aliphatic heterocycles. The number of rotatable bonds is 8. The third kappa shape index (κ3) is 5.48. The molecule has 0 bridgehead atoms. The molecular formula is C28H31N7O4. The first-order valence-corrected chi connectivity index (χ1v) is 12.7. The minimum Gasteiger partial charge on any atom is -0.497 e. The SMILES string of the molecule is C=CC(=O)Nc1ccccc1Nc1ncc2c(n1)N(C1CCNCC1)C(=O)N(c1cc(OC)cc(OC)c1)C2. The molecular weight excluding hydrogens is 498 g/mol. The summed E-state index contributed by atoms with van der Waals surface area (Å²) >= 11 is 0. The number of fused-ring (bicyclic) bond motifs is 1. The van der Waals surface area contributed by atoms with Crippen LogP contribution in [0, 0.1) is 0 Å². The third-order valence-corrected chi connectivity index (χ3v) is 6.77. The van der Waals surface area contributed by atoms with Gasteiger partial charge < -0.3 is 25.4 Å². The highest BCUT2D eigenvalue weighted by atomic mass is 16.5. The molecule has 0 radical (unpaired) electrons. The lowest BCUT2D eigenvalue weighted by molar-refractivity contribution is -0.111. The number of benzene rings is 2. The van der Waals surface area contributed by atoms with E-state index in [2.05, 4.69) is 27.5 Å². The number of hydrogen-bond donors (Lipinski definition) is 3. The number of aromatic nitrogens is 2. The Kier molecular flexibility index (Phi) is 7.60. The number of ether oxygens (including phenoxy) is 2. The molecule has 0 aliphatic carbocycles. The van der Waals surface area contributed by atoms with Crippen molar-refractivity contribution in [2.24, 2.45) is 0 Å². The summed E-state index contributed by atoms with van der Waals surface area (Å²) in [4.78, 5) is 38.8. The van der Waals surface area contributed by atoms with E-state index < -0.39 is 0 Å². The standard InChI is InChI=1S/C28H31N7O4/c1-4-25(36)31-23-7-5-6-8-24(23)32-27-30-16-18-17-34(20-13-21(38-2)15-22(14-20)39-3)28(37)35(26(18)33-27)19-9-11-29-12-10-19/h4-8,13-16,19,29H,1,9-12,17H2,2-3H3,(H,31,36)(H,30,32,33). The summed E-state index contributed by atoms with van der Waals surface area (Å²) in [7, 11) is 3.16. The maximum absolute atomic E-state index is 14.1. The van der Waals surface area contributed by atoms with E-state index in [1.165, 1.54) is 6.08 Å². The van der Waals surface area contributed by atoms with Crippen molar-refractivity contribution >= 4 is 40.8 Å². The van der Waals surface area contributed by atoms with Crippen LogP contribution < -0.4 is 35.2 Å². The predicted octanol–water partition coefficient (Wildman–Crippen LogP) is 4.06. The molecule has 0 spiro atoms. The monoisotopic (exact) mass is 529 g/mol. The Morgan fingerprint density at radius 1 is 1.10 bits per heavy atom. The van der Waals surface area contributed by atoms with Crippen LogP contribution in [0.15, 0.2) is 61.3 Å². The molecule has 3 heterocycles. The van der Waals surface area contributed by atoms with Gasteiger partial charge in [-0.1, -0.05) is 18.7 Å². The van der Waals surface area contributed by atoms with E-state index in [0.29, 0.717) is 40.3 Å². The normalized spacial score (nSPS) is 15.4. The summed E-state index contributed by atoms with van der Waals surface area (Å²) in [6, 6.07) is 12.4. The molecule has 3 aromatic rings. The van der Waals surface area contributed by atoms with Gasteiger partial charge in [0.25, 0.3) is 0 Å². The van der Waals surface area contributed by atoms with Crippen molar-refractivity contribution in [1.29, 1.82) is 0 Å². The Morgan fingerprint density at radius 3 is 2.46 bits per heavy atom. The number of carbonyl (C=O) groups excluding carboxylic acids is 2. The first-order valence-electron chi connectivity index (χ1n) is 12.7. The second-order valence-electron chi connectivity index (χ2n) is 9.20. The lowest BCUT2D eigenvalue weighted by atomic mass is 10.0. The highest BCUT2D eigenvalue weighted by Gasteiger charge is 2.38. The maximum Gasteiger partial charge on any atom is 0.330 e. The van der Waals surface area contributed by atoms with Gasteiger partial charge in [-0.05, 0) is 44.1 Å². The molecule has 1 aromatic heterocycles. The van der Waals surface area contributed by atoms with Crippen molar-refractivity contribution in [2.45, 2.75) is 25.4 Å².